The molecule has 1 aliphatic rings. The quantitative estimate of drug-likeness (QED) is 0.783. The second-order valence-electron chi connectivity index (χ2n) is 3.88. The fraction of sp³-hybridized carbons (Fsp3) is 0.500. The normalized spacial score (nSPS) is 21.5. The minimum atomic E-state index is 0.683. The zero-order valence-corrected chi connectivity index (χ0v) is 8.74. The van der Waals surface area contributed by atoms with Crippen LogP contribution in [-0.2, 0) is 0 Å². The van der Waals surface area contributed by atoms with Crippen LogP contribution >= 0.6 is 0 Å². The van der Waals surface area contributed by atoms with E-state index in [1.807, 2.05) is 7.05 Å². The van der Waals surface area contributed by atoms with Gasteiger partial charge in [0.25, 0.3) is 0 Å². The standard InChI is InChI=1S/C12H18N2/c1-13-10-12-8-5-9-14(12)11-6-3-2-4-7-11/h2-4,6-7,12-13H,5,8-10H2,1H3. The maximum Gasteiger partial charge on any atom is 0.0415 e. The van der Waals surface area contributed by atoms with E-state index in [0.717, 1.165) is 6.54 Å². The lowest BCUT2D eigenvalue weighted by Gasteiger charge is -2.26. The van der Waals surface area contributed by atoms with Gasteiger partial charge in [-0.15, -0.1) is 0 Å². The molecule has 0 aromatic heterocycles. The highest BCUT2D eigenvalue weighted by molar-refractivity contribution is 5.48. The highest BCUT2D eigenvalue weighted by Gasteiger charge is 2.23. The van der Waals surface area contributed by atoms with Crippen LogP contribution < -0.4 is 10.2 Å². The fourth-order valence-electron chi connectivity index (χ4n) is 2.24. The summed E-state index contributed by atoms with van der Waals surface area (Å²) >= 11 is 0. The SMILES string of the molecule is CNCC1CCCN1c1ccccc1. The van der Waals surface area contributed by atoms with Crippen LogP contribution in [0.1, 0.15) is 12.8 Å². The lowest BCUT2D eigenvalue weighted by atomic mass is 10.2. The van der Waals surface area contributed by atoms with E-state index in [2.05, 4.69) is 40.5 Å². The molecule has 2 rings (SSSR count). The van der Waals surface area contributed by atoms with Crippen LogP contribution in [0, 0.1) is 0 Å². The minimum Gasteiger partial charge on any atom is -0.367 e. The van der Waals surface area contributed by atoms with E-state index in [1.54, 1.807) is 0 Å². The van der Waals surface area contributed by atoms with Crippen molar-refractivity contribution >= 4 is 5.69 Å². The summed E-state index contributed by atoms with van der Waals surface area (Å²) in [5.41, 5.74) is 1.37. The molecule has 1 heterocycles. The first-order valence-corrected chi connectivity index (χ1v) is 5.38. The van der Waals surface area contributed by atoms with Crippen LogP contribution in [0.25, 0.3) is 0 Å². The van der Waals surface area contributed by atoms with E-state index in [0.29, 0.717) is 6.04 Å². The van der Waals surface area contributed by atoms with E-state index in [4.69, 9.17) is 0 Å². The van der Waals surface area contributed by atoms with Gasteiger partial charge < -0.3 is 10.2 Å². The van der Waals surface area contributed by atoms with Gasteiger partial charge in [0, 0.05) is 24.8 Å². The van der Waals surface area contributed by atoms with Crippen LogP contribution in [0.2, 0.25) is 0 Å². The predicted octanol–water partition coefficient (Wildman–Crippen LogP) is 1.87. The first-order valence-electron chi connectivity index (χ1n) is 5.38. The molecular weight excluding hydrogens is 172 g/mol. The van der Waals surface area contributed by atoms with Crippen molar-refractivity contribution in [2.45, 2.75) is 18.9 Å². The van der Waals surface area contributed by atoms with E-state index >= 15 is 0 Å². The number of hydrogen-bond donors (Lipinski definition) is 1. The van der Waals surface area contributed by atoms with Crippen molar-refractivity contribution in [2.75, 3.05) is 25.0 Å². The van der Waals surface area contributed by atoms with Gasteiger partial charge in [0.1, 0.15) is 0 Å². The third kappa shape index (κ3) is 1.90. The molecule has 1 aliphatic heterocycles. The Kier molecular flexibility index (Phi) is 3.04. The summed E-state index contributed by atoms with van der Waals surface area (Å²) in [4.78, 5) is 2.51. The molecule has 1 N–H and O–H groups in total. The zero-order chi connectivity index (χ0) is 9.80. The van der Waals surface area contributed by atoms with Crippen LogP contribution in [0.4, 0.5) is 5.69 Å². The van der Waals surface area contributed by atoms with Crippen molar-refractivity contribution < 1.29 is 0 Å². The summed E-state index contributed by atoms with van der Waals surface area (Å²) in [7, 11) is 2.03. The molecule has 0 amide bonds. The smallest absolute Gasteiger partial charge is 0.0415 e. The minimum absolute atomic E-state index is 0.683. The largest absolute Gasteiger partial charge is 0.367 e. The number of benzene rings is 1. The van der Waals surface area contributed by atoms with Crippen molar-refractivity contribution in [2.24, 2.45) is 0 Å². The lowest BCUT2D eigenvalue weighted by Crippen LogP contribution is -2.36. The molecule has 0 saturated carbocycles. The number of hydrogen-bond acceptors (Lipinski definition) is 2. The summed E-state index contributed by atoms with van der Waals surface area (Å²) in [5.74, 6) is 0. The zero-order valence-electron chi connectivity index (χ0n) is 8.74. The first-order chi connectivity index (χ1) is 6.92. The summed E-state index contributed by atoms with van der Waals surface area (Å²) < 4.78 is 0. The van der Waals surface area contributed by atoms with Crippen LogP contribution in [0.3, 0.4) is 0 Å². The summed E-state index contributed by atoms with van der Waals surface area (Å²) in [5, 5.41) is 3.27. The Hall–Kier alpha value is -1.02. The maximum atomic E-state index is 3.27. The Balaban J connectivity index is 2.10. The van der Waals surface area contributed by atoms with Crippen LogP contribution in [0.15, 0.2) is 30.3 Å². The van der Waals surface area contributed by atoms with Gasteiger partial charge >= 0.3 is 0 Å². The number of rotatable bonds is 3. The number of nitrogens with zero attached hydrogens (tertiary/aromatic N) is 1. The average Bonchev–Trinajstić information content (AvgIpc) is 2.68. The van der Waals surface area contributed by atoms with Gasteiger partial charge in [-0.2, -0.15) is 0 Å². The molecule has 1 aromatic carbocycles. The first kappa shape index (κ1) is 9.53. The monoisotopic (exact) mass is 190 g/mol. The van der Waals surface area contributed by atoms with Crippen molar-refractivity contribution in [3.63, 3.8) is 0 Å². The predicted molar refractivity (Wildman–Crippen MR) is 60.7 cm³/mol. The maximum absolute atomic E-state index is 3.27. The third-order valence-corrected chi connectivity index (χ3v) is 2.90. The van der Waals surface area contributed by atoms with Crippen molar-refractivity contribution in [1.82, 2.24) is 5.32 Å². The molecule has 14 heavy (non-hydrogen) atoms. The second kappa shape index (κ2) is 4.47. The van der Waals surface area contributed by atoms with E-state index < -0.39 is 0 Å². The summed E-state index contributed by atoms with van der Waals surface area (Å²) in [6.45, 7) is 2.30. The van der Waals surface area contributed by atoms with Crippen LogP contribution in [-0.4, -0.2) is 26.2 Å². The van der Waals surface area contributed by atoms with Gasteiger partial charge in [-0.1, -0.05) is 18.2 Å². The fourth-order valence-corrected chi connectivity index (χ4v) is 2.24. The van der Waals surface area contributed by atoms with Gasteiger partial charge in [-0.3, -0.25) is 0 Å². The molecule has 0 bridgehead atoms. The van der Waals surface area contributed by atoms with Gasteiger partial charge in [0.2, 0.25) is 0 Å². The molecule has 1 aromatic rings. The molecule has 1 fully saturated rings. The van der Waals surface area contributed by atoms with Gasteiger partial charge in [-0.25, -0.2) is 0 Å². The lowest BCUT2D eigenvalue weighted by molar-refractivity contribution is 0.615. The molecule has 1 unspecified atom stereocenters. The second-order valence-corrected chi connectivity index (χ2v) is 3.88. The highest BCUT2D eigenvalue weighted by atomic mass is 15.2. The molecule has 76 valence electrons. The Labute approximate surface area is 85.9 Å². The third-order valence-electron chi connectivity index (χ3n) is 2.90. The van der Waals surface area contributed by atoms with Gasteiger partial charge in [0.05, 0.1) is 0 Å². The topological polar surface area (TPSA) is 15.3 Å². The van der Waals surface area contributed by atoms with E-state index in [9.17, 15) is 0 Å². The van der Waals surface area contributed by atoms with Gasteiger partial charge in [0.15, 0.2) is 0 Å². The van der Waals surface area contributed by atoms with Crippen molar-refractivity contribution in [1.29, 1.82) is 0 Å². The Morgan fingerprint density at radius 1 is 1.36 bits per heavy atom. The molecule has 2 heteroatoms. The molecule has 0 spiro atoms. The molecule has 0 aliphatic carbocycles. The number of para-hydroxylation sites is 1. The van der Waals surface area contributed by atoms with Crippen molar-refractivity contribution in [3.05, 3.63) is 30.3 Å². The number of likely N-dealkylation sites (N-methyl/N-ethyl adjacent to an activating group) is 1. The summed E-state index contributed by atoms with van der Waals surface area (Å²) in [6.07, 6.45) is 2.64. The molecule has 2 nitrogen and oxygen atoms in total. The summed E-state index contributed by atoms with van der Waals surface area (Å²) in [6, 6.07) is 11.4. The highest BCUT2D eigenvalue weighted by Crippen LogP contribution is 2.24. The Morgan fingerprint density at radius 3 is 2.86 bits per heavy atom. The molecular formula is C12H18N2. The Bertz CT molecular complexity index is 271. The molecule has 1 saturated heterocycles. The molecule has 1 atom stereocenters. The van der Waals surface area contributed by atoms with Crippen LogP contribution in [0.5, 0.6) is 0 Å². The van der Waals surface area contributed by atoms with E-state index in [1.165, 1.54) is 25.1 Å². The van der Waals surface area contributed by atoms with E-state index in [-0.39, 0.29) is 0 Å². The Morgan fingerprint density at radius 2 is 2.14 bits per heavy atom. The average molecular weight is 190 g/mol. The molecule has 0 radical (unpaired) electrons. The number of anilines is 1. The van der Waals surface area contributed by atoms with Gasteiger partial charge in [-0.05, 0) is 32.0 Å². The number of nitrogens with one attached hydrogen (secondary N) is 1. The van der Waals surface area contributed by atoms with Crippen molar-refractivity contribution in [3.8, 4) is 0 Å².